The molecule has 0 bridgehead atoms. The average Bonchev–Trinajstić information content (AvgIpc) is 3.10. The molecule has 7 heteroatoms. The number of amides is 2. The molecule has 0 radical (unpaired) electrons. The van der Waals surface area contributed by atoms with E-state index in [0.29, 0.717) is 23.6 Å². The summed E-state index contributed by atoms with van der Waals surface area (Å²) >= 11 is 0. The Kier molecular flexibility index (Phi) is 4.37. The van der Waals surface area contributed by atoms with Crippen molar-refractivity contribution in [1.29, 1.82) is 0 Å². The summed E-state index contributed by atoms with van der Waals surface area (Å²) in [6.45, 7) is 3.17. The fourth-order valence-electron chi connectivity index (χ4n) is 4.29. The van der Waals surface area contributed by atoms with Gasteiger partial charge in [-0.2, -0.15) is 0 Å². The molecule has 0 aliphatic carbocycles. The van der Waals surface area contributed by atoms with Crippen LogP contribution in [0, 0.1) is 6.92 Å². The van der Waals surface area contributed by atoms with Crippen molar-refractivity contribution in [3.8, 4) is 11.4 Å². The van der Waals surface area contributed by atoms with Gasteiger partial charge in [0.05, 0.1) is 11.3 Å². The van der Waals surface area contributed by atoms with Crippen LogP contribution in [-0.4, -0.2) is 62.2 Å². The first-order valence-electron chi connectivity index (χ1n) is 9.34. The lowest BCUT2D eigenvalue weighted by atomic mass is 9.85. The molecule has 2 saturated heterocycles. The highest BCUT2D eigenvalue weighted by Gasteiger charge is 2.52. The Bertz CT molecular complexity index is 885. The van der Waals surface area contributed by atoms with Crippen molar-refractivity contribution in [3.63, 3.8) is 0 Å². The van der Waals surface area contributed by atoms with Crippen molar-refractivity contribution < 1.29 is 9.59 Å². The number of aryl methyl sites for hydroxylation is 1. The van der Waals surface area contributed by atoms with Gasteiger partial charge in [-0.3, -0.25) is 14.6 Å². The average molecular weight is 365 g/mol. The van der Waals surface area contributed by atoms with Crippen LogP contribution in [0.15, 0.2) is 30.7 Å². The van der Waals surface area contributed by atoms with Crippen molar-refractivity contribution in [2.75, 3.05) is 20.1 Å². The quantitative estimate of drug-likeness (QED) is 0.814. The summed E-state index contributed by atoms with van der Waals surface area (Å²) in [5.41, 5.74) is 1.19. The van der Waals surface area contributed by atoms with E-state index in [9.17, 15) is 9.59 Å². The molecule has 7 nitrogen and oxygen atoms in total. The summed E-state index contributed by atoms with van der Waals surface area (Å²) in [7, 11) is 1.82. The molecule has 1 atom stereocenters. The predicted molar refractivity (Wildman–Crippen MR) is 99.9 cm³/mol. The van der Waals surface area contributed by atoms with Gasteiger partial charge in [-0.15, -0.1) is 0 Å². The van der Waals surface area contributed by atoms with Crippen LogP contribution in [0.5, 0.6) is 0 Å². The van der Waals surface area contributed by atoms with Crippen molar-refractivity contribution in [1.82, 2.24) is 24.8 Å². The topological polar surface area (TPSA) is 79.3 Å². The molecule has 140 valence electrons. The number of carbonyl (C=O) groups excluding carboxylic acids is 2. The van der Waals surface area contributed by atoms with E-state index >= 15 is 0 Å². The first kappa shape index (κ1) is 17.6. The van der Waals surface area contributed by atoms with E-state index in [1.807, 2.05) is 26.1 Å². The molecule has 2 amide bonds. The minimum absolute atomic E-state index is 0.0603. The monoisotopic (exact) mass is 365 g/mol. The molecule has 0 saturated carbocycles. The molecule has 0 aromatic carbocycles. The molecule has 2 fully saturated rings. The standard InChI is InChI=1S/C20H23N5O2/c1-14-16(13-22-17(23-14)15-6-3-9-21-12-15)18(26)25-11-5-8-20(25)7-4-10-24(2)19(20)27/h3,6,9,12-13H,4-5,7-8,10-11H2,1-2H3. The minimum atomic E-state index is -0.696. The van der Waals surface area contributed by atoms with E-state index in [-0.39, 0.29) is 11.8 Å². The lowest BCUT2D eigenvalue weighted by molar-refractivity contribution is -0.144. The lowest BCUT2D eigenvalue weighted by Gasteiger charge is -2.43. The van der Waals surface area contributed by atoms with Crippen LogP contribution in [0.1, 0.15) is 41.7 Å². The highest BCUT2D eigenvalue weighted by molar-refractivity contribution is 6.00. The molecular weight excluding hydrogens is 342 g/mol. The number of piperidine rings is 1. The molecule has 2 aliphatic heterocycles. The van der Waals surface area contributed by atoms with E-state index in [2.05, 4.69) is 15.0 Å². The maximum absolute atomic E-state index is 13.3. The first-order chi connectivity index (χ1) is 13.0. The van der Waals surface area contributed by atoms with E-state index in [0.717, 1.165) is 37.8 Å². The third kappa shape index (κ3) is 2.87. The summed E-state index contributed by atoms with van der Waals surface area (Å²) in [6.07, 6.45) is 8.20. The van der Waals surface area contributed by atoms with Crippen LogP contribution in [0.2, 0.25) is 0 Å². The minimum Gasteiger partial charge on any atom is -0.344 e. The van der Waals surface area contributed by atoms with Crippen LogP contribution in [-0.2, 0) is 4.79 Å². The van der Waals surface area contributed by atoms with Crippen LogP contribution in [0.25, 0.3) is 11.4 Å². The Hall–Kier alpha value is -2.83. The van der Waals surface area contributed by atoms with Gasteiger partial charge in [0.2, 0.25) is 5.91 Å². The third-order valence-electron chi connectivity index (χ3n) is 5.69. The second kappa shape index (κ2) is 6.72. The predicted octanol–water partition coefficient (Wildman–Crippen LogP) is 2.07. The number of aromatic nitrogens is 3. The molecule has 4 heterocycles. The molecule has 0 N–H and O–H groups in total. The van der Waals surface area contributed by atoms with E-state index in [4.69, 9.17) is 0 Å². The number of rotatable bonds is 2. The van der Waals surface area contributed by atoms with Gasteiger partial charge >= 0.3 is 0 Å². The van der Waals surface area contributed by atoms with Gasteiger partial charge in [0, 0.05) is 44.3 Å². The first-order valence-corrected chi connectivity index (χ1v) is 9.34. The second-order valence-electron chi connectivity index (χ2n) is 7.36. The Morgan fingerprint density at radius 1 is 1.19 bits per heavy atom. The fourth-order valence-corrected chi connectivity index (χ4v) is 4.29. The summed E-state index contributed by atoms with van der Waals surface area (Å²) in [5, 5.41) is 0. The van der Waals surface area contributed by atoms with Gasteiger partial charge in [-0.05, 0) is 44.7 Å². The maximum Gasteiger partial charge on any atom is 0.258 e. The van der Waals surface area contributed by atoms with Gasteiger partial charge in [-0.1, -0.05) is 0 Å². The molecular formula is C20H23N5O2. The number of pyridine rings is 1. The zero-order chi connectivity index (χ0) is 19.0. The van der Waals surface area contributed by atoms with Gasteiger partial charge < -0.3 is 9.80 Å². The zero-order valence-corrected chi connectivity index (χ0v) is 15.7. The van der Waals surface area contributed by atoms with E-state index < -0.39 is 5.54 Å². The maximum atomic E-state index is 13.3. The third-order valence-corrected chi connectivity index (χ3v) is 5.69. The highest BCUT2D eigenvalue weighted by atomic mass is 16.2. The normalized spacial score (nSPS) is 22.5. The zero-order valence-electron chi connectivity index (χ0n) is 15.7. The van der Waals surface area contributed by atoms with Crippen LogP contribution < -0.4 is 0 Å². The van der Waals surface area contributed by atoms with E-state index in [1.54, 1.807) is 28.4 Å². The number of carbonyl (C=O) groups is 2. The van der Waals surface area contributed by atoms with Crippen molar-refractivity contribution in [2.45, 2.75) is 38.1 Å². The molecule has 1 unspecified atom stereocenters. The molecule has 2 aromatic rings. The Morgan fingerprint density at radius 2 is 1.96 bits per heavy atom. The van der Waals surface area contributed by atoms with Gasteiger partial charge in [0.25, 0.3) is 5.91 Å². The number of hydrogen-bond acceptors (Lipinski definition) is 5. The number of hydrogen-bond donors (Lipinski definition) is 0. The molecule has 4 rings (SSSR count). The molecule has 2 aromatic heterocycles. The number of likely N-dealkylation sites (N-methyl/N-ethyl adjacent to an activating group) is 1. The Morgan fingerprint density at radius 3 is 2.67 bits per heavy atom. The van der Waals surface area contributed by atoms with Gasteiger partial charge in [0.1, 0.15) is 5.54 Å². The summed E-state index contributed by atoms with van der Waals surface area (Å²) in [4.78, 5) is 42.7. The fraction of sp³-hybridized carbons (Fsp3) is 0.450. The molecule has 2 aliphatic rings. The SMILES string of the molecule is Cc1nc(-c2cccnc2)ncc1C(=O)N1CCCC12CCCN(C)C2=O. The molecule has 27 heavy (non-hydrogen) atoms. The summed E-state index contributed by atoms with van der Waals surface area (Å²) in [6, 6.07) is 3.71. The van der Waals surface area contributed by atoms with Gasteiger partial charge in [0.15, 0.2) is 5.82 Å². The Balaban J connectivity index is 1.65. The Labute approximate surface area is 158 Å². The van der Waals surface area contributed by atoms with Crippen LogP contribution >= 0.6 is 0 Å². The second-order valence-corrected chi connectivity index (χ2v) is 7.36. The van der Waals surface area contributed by atoms with Crippen LogP contribution in [0.3, 0.4) is 0 Å². The highest BCUT2D eigenvalue weighted by Crippen LogP contribution is 2.39. The summed E-state index contributed by atoms with van der Waals surface area (Å²) < 4.78 is 0. The molecule has 1 spiro atoms. The van der Waals surface area contributed by atoms with Crippen molar-refractivity contribution in [2.24, 2.45) is 0 Å². The smallest absolute Gasteiger partial charge is 0.258 e. The van der Waals surface area contributed by atoms with E-state index in [1.165, 1.54) is 0 Å². The lowest BCUT2D eigenvalue weighted by Crippen LogP contribution is -2.60. The van der Waals surface area contributed by atoms with Crippen molar-refractivity contribution >= 4 is 11.8 Å². The number of nitrogens with zero attached hydrogens (tertiary/aromatic N) is 5. The number of likely N-dealkylation sites (tertiary alicyclic amines) is 2. The van der Waals surface area contributed by atoms with Crippen molar-refractivity contribution in [3.05, 3.63) is 42.0 Å². The van der Waals surface area contributed by atoms with Crippen LogP contribution in [0.4, 0.5) is 0 Å². The summed E-state index contributed by atoms with van der Waals surface area (Å²) in [5.74, 6) is 0.457. The van der Waals surface area contributed by atoms with Gasteiger partial charge in [-0.25, -0.2) is 9.97 Å². The largest absolute Gasteiger partial charge is 0.344 e.